The number of rotatable bonds is 6. The van der Waals surface area contributed by atoms with Crippen LogP contribution in [0.25, 0.3) is 5.52 Å². The average Bonchev–Trinajstić information content (AvgIpc) is 2.86. The lowest BCUT2D eigenvalue weighted by Gasteiger charge is -2.13. The first-order valence-corrected chi connectivity index (χ1v) is 6.23. The van der Waals surface area contributed by atoms with Gasteiger partial charge in [0.2, 0.25) is 5.91 Å². The Morgan fingerprint density at radius 1 is 1.38 bits per heavy atom. The van der Waals surface area contributed by atoms with E-state index < -0.39 is 23.8 Å². The smallest absolute Gasteiger partial charge is 0.326 e. The highest BCUT2D eigenvalue weighted by Gasteiger charge is 2.22. The first kappa shape index (κ1) is 14.5. The van der Waals surface area contributed by atoms with Gasteiger partial charge in [-0.15, -0.1) is 0 Å². The van der Waals surface area contributed by atoms with E-state index in [2.05, 4.69) is 10.4 Å². The van der Waals surface area contributed by atoms with Crippen molar-refractivity contribution in [1.82, 2.24) is 14.9 Å². The number of carboxylic acid groups (broad SMARTS) is 1. The number of aliphatic carboxylic acids is 1. The Labute approximate surface area is 119 Å². The second-order valence-corrected chi connectivity index (χ2v) is 4.46. The van der Waals surface area contributed by atoms with Crippen LogP contribution in [-0.2, 0) is 9.59 Å². The molecule has 2 aromatic rings. The number of amides is 2. The molecule has 0 aliphatic rings. The molecule has 0 bridgehead atoms. The van der Waals surface area contributed by atoms with Gasteiger partial charge in [-0.2, -0.15) is 5.10 Å². The Hall–Kier alpha value is -2.90. The van der Waals surface area contributed by atoms with Gasteiger partial charge in [0.25, 0.3) is 5.91 Å². The number of carbonyl (C=O) groups excluding carboxylic acids is 2. The normalized spacial score (nSPS) is 12.0. The van der Waals surface area contributed by atoms with Crippen molar-refractivity contribution >= 4 is 23.3 Å². The van der Waals surface area contributed by atoms with E-state index in [0.29, 0.717) is 5.52 Å². The predicted molar refractivity (Wildman–Crippen MR) is 72.5 cm³/mol. The van der Waals surface area contributed by atoms with Crippen molar-refractivity contribution in [2.45, 2.75) is 18.9 Å². The fraction of sp³-hybridized carbons (Fsp3) is 0.231. The summed E-state index contributed by atoms with van der Waals surface area (Å²) in [4.78, 5) is 33.9. The van der Waals surface area contributed by atoms with Gasteiger partial charge in [0.05, 0.1) is 17.3 Å². The number of nitrogens with two attached hydrogens (primary N) is 1. The second-order valence-electron chi connectivity index (χ2n) is 4.46. The summed E-state index contributed by atoms with van der Waals surface area (Å²) in [6, 6.07) is 4.02. The van der Waals surface area contributed by atoms with E-state index in [1.807, 2.05) is 0 Å². The number of aromatic nitrogens is 2. The van der Waals surface area contributed by atoms with E-state index in [1.165, 1.54) is 10.7 Å². The first-order chi connectivity index (χ1) is 9.99. The van der Waals surface area contributed by atoms with Gasteiger partial charge in [-0.25, -0.2) is 9.31 Å². The van der Waals surface area contributed by atoms with Crippen molar-refractivity contribution in [3.63, 3.8) is 0 Å². The van der Waals surface area contributed by atoms with Gasteiger partial charge in [0.1, 0.15) is 6.04 Å². The minimum Gasteiger partial charge on any atom is -0.480 e. The van der Waals surface area contributed by atoms with Crippen LogP contribution in [0.4, 0.5) is 0 Å². The zero-order valence-electron chi connectivity index (χ0n) is 11.0. The van der Waals surface area contributed by atoms with Crippen LogP contribution in [0, 0.1) is 0 Å². The van der Waals surface area contributed by atoms with Gasteiger partial charge < -0.3 is 16.2 Å². The minimum absolute atomic E-state index is 0.0599. The molecule has 0 radical (unpaired) electrons. The Morgan fingerprint density at radius 2 is 2.14 bits per heavy atom. The summed E-state index contributed by atoms with van der Waals surface area (Å²) in [7, 11) is 0. The van der Waals surface area contributed by atoms with Gasteiger partial charge in [0.15, 0.2) is 0 Å². The third-order valence-electron chi connectivity index (χ3n) is 2.95. The highest BCUT2D eigenvalue weighted by atomic mass is 16.4. The van der Waals surface area contributed by atoms with E-state index in [-0.39, 0.29) is 18.4 Å². The maximum Gasteiger partial charge on any atom is 0.326 e. The SMILES string of the molecule is NC(=O)CCC(NC(=O)c1cnn2ccccc12)C(=O)O. The van der Waals surface area contributed by atoms with Crippen LogP contribution in [0.2, 0.25) is 0 Å². The maximum absolute atomic E-state index is 12.1. The molecule has 8 heteroatoms. The third-order valence-corrected chi connectivity index (χ3v) is 2.95. The molecule has 0 saturated carbocycles. The third kappa shape index (κ3) is 3.35. The van der Waals surface area contributed by atoms with Gasteiger partial charge in [-0.3, -0.25) is 9.59 Å². The molecule has 0 saturated heterocycles. The Kier molecular flexibility index (Phi) is 4.17. The van der Waals surface area contributed by atoms with Crippen LogP contribution >= 0.6 is 0 Å². The molecule has 2 rings (SSSR count). The number of primary amides is 1. The molecule has 110 valence electrons. The summed E-state index contributed by atoms with van der Waals surface area (Å²) < 4.78 is 1.51. The molecule has 4 N–H and O–H groups in total. The number of hydrogen-bond acceptors (Lipinski definition) is 4. The number of carbonyl (C=O) groups is 3. The van der Waals surface area contributed by atoms with E-state index in [9.17, 15) is 14.4 Å². The largest absolute Gasteiger partial charge is 0.480 e. The first-order valence-electron chi connectivity index (χ1n) is 6.23. The van der Waals surface area contributed by atoms with Crippen molar-refractivity contribution in [2.75, 3.05) is 0 Å². The van der Waals surface area contributed by atoms with Crippen molar-refractivity contribution < 1.29 is 19.5 Å². The van der Waals surface area contributed by atoms with Crippen LogP contribution < -0.4 is 11.1 Å². The quantitative estimate of drug-likeness (QED) is 0.678. The molecule has 0 fully saturated rings. The van der Waals surface area contributed by atoms with Crippen molar-refractivity contribution in [1.29, 1.82) is 0 Å². The van der Waals surface area contributed by atoms with Gasteiger partial charge in [-0.1, -0.05) is 6.07 Å². The Balaban J connectivity index is 2.15. The molecule has 0 spiro atoms. The fourth-order valence-corrected chi connectivity index (χ4v) is 1.89. The van der Waals surface area contributed by atoms with E-state index in [1.54, 1.807) is 24.4 Å². The lowest BCUT2D eigenvalue weighted by Crippen LogP contribution is -2.41. The molecule has 0 aliphatic carbocycles. The van der Waals surface area contributed by atoms with Crippen LogP contribution in [-0.4, -0.2) is 38.5 Å². The monoisotopic (exact) mass is 290 g/mol. The van der Waals surface area contributed by atoms with Crippen molar-refractivity contribution in [3.8, 4) is 0 Å². The Morgan fingerprint density at radius 3 is 2.81 bits per heavy atom. The van der Waals surface area contributed by atoms with E-state index in [0.717, 1.165) is 0 Å². The molecular weight excluding hydrogens is 276 g/mol. The van der Waals surface area contributed by atoms with Gasteiger partial charge in [0, 0.05) is 12.6 Å². The highest BCUT2D eigenvalue weighted by Crippen LogP contribution is 2.10. The minimum atomic E-state index is -1.22. The molecule has 2 aromatic heterocycles. The fourth-order valence-electron chi connectivity index (χ4n) is 1.89. The number of hydrogen-bond donors (Lipinski definition) is 3. The summed E-state index contributed by atoms with van der Waals surface area (Å²) >= 11 is 0. The van der Waals surface area contributed by atoms with Crippen molar-refractivity contribution in [3.05, 3.63) is 36.2 Å². The van der Waals surface area contributed by atoms with Crippen molar-refractivity contribution in [2.24, 2.45) is 5.73 Å². The molecule has 8 nitrogen and oxygen atoms in total. The molecule has 1 atom stereocenters. The molecule has 0 aliphatic heterocycles. The summed E-state index contributed by atoms with van der Waals surface area (Å²) in [6.45, 7) is 0. The molecular formula is C13H14N4O4. The van der Waals surface area contributed by atoms with Crippen LogP contribution in [0.3, 0.4) is 0 Å². The molecule has 2 amide bonds. The number of nitrogens with zero attached hydrogens (tertiary/aromatic N) is 2. The topological polar surface area (TPSA) is 127 Å². The molecule has 21 heavy (non-hydrogen) atoms. The summed E-state index contributed by atoms with van der Waals surface area (Å²) in [5, 5.41) is 15.4. The predicted octanol–water partition coefficient (Wildman–Crippen LogP) is -0.217. The lowest BCUT2D eigenvalue weighted by atomic mass is 10.1. The molecule has 2 heterocycles. The summed E-state index contributed by atoms with van der Waals surface area (Å²) in [6.07, 6.45) is 2.85. The number of fused-ring (bicyclic) bond motifs is 1. The average molecular weight is 290 g/mol. The second kappa shape index (κ2) is 6.04. The van der Waals surface area contributed by atoms with Gasteiger partial charge >= 0.3 is 5.97 Å². The van der Waals surface area contributed by atoms with E-state index in [4.69, 9.17) is 10.8 Å². The zero-order valence-corrected chi connectivity index (χ0v) is 11.0. The van der Waals surface area contributed by atoms with Crippen LogP contribution in [0.5, 0.6) is 0 Å². The number of carboxylic acids is 1. The maximum atomic E-state index is 12.1. The molecule has 0 aromatic carbocycles. The lowest BCUT2D eigenvalue weighted by molar-refractivity contribution is -0.139. The van der Waals surface area contributed by atoms with Gasteiger partial charge in [-0.05, 0) is 18.6 Å². The Bertz CT molecular complexity index is 694. The highest BCUT2D eigenvalue weighted by molar-refractivity contribution is 6.02. The van der Waals surface area contributed by atoms with Crippen LogP contribution in [0.1, 0.15) is 23.2 Å². The molecule has 1 unspecified atom stereocenters. The number of pyridine rings is 1. The zero-order chi connectivity index (χ0) is 15.4. The number of nitrogens with one attached hydrogen (secondary N) is 1. The summed E-state index contributed by atoms with van der Waals surface area (Å²) in [5.41, 5.74) is 5.81. The van der Waals surface area contributed by atoms with E-state index >= 15 is 0 Å². The van der Waals surface area contributed by atoms with Crippen LogP contribution in [0.15, 0.2) is 30.6 Å². The summed E-state index contributed by atoms with van der Waals surface area (Å²) in [5.74, 6) is -2.40. The standard InChI is InChI=1S/C13H14N4O4/c14-11(18)5-4-9(13(20)21)16-12(19)8-7-15-17-6-2-1-3-10(8)17/h1-3,6-7,9H,4-5H2,(H2,14,18)(H,16,19)(H,20,21).